The molecule has 0 saturated carbocycles. The molecule has 0 aromatic carbocycles. The van der Waals surface area contributed by atoms with Crippen molar-refractivity contribution in [2.24, 2.45) is 0 Å². The van der Waals surface area contributed by atoms with Crippen molar-refractivity contribution >= 4 is 5.97 Å². The average Bonchev–Trinajstić information content (AvgIpc) is 2.65. The van der Waals surface area contributed by atoms with E-state index in [9.17, 15) is 4.79 Å². The third kappa shape index (κ3) is 33.1. The standard InChI is InChI=1S/C18H34O2.C4H10O3/c1-2-3-4-5-6-7-8-9-10-11-12-13-14-15-16-17-18(19)20;5-1-3-7-4-2-6/h9-10H,2-8,11-17H2,1H3,(H,19,20);5-6H,1-4H2/b10-9-;. The van der Waals surface area contributed by atoms with Gasteiger partial charge in [-0.05, 0) is 32.1 Å². The van der Waals surface area contributed by atoms with Crippen LogP contribution in [0.25, 0.3) is 0 Å². The molecule has 0 heterocycles. The number of unbranched alkanes of at least 4 members (excludes halogenated alkanes) is 11. The number of carboxylic acid groups (broad SMARTS) is 1. The Morgan fingerprint density at radius 2 is 1.19 bits per heavy atom. The second kappa shape index (κ2) is 27.3. The number of carbonyl (C=O) groups is 1. The van der Waals surface area contributed by atoms with Crippen LogP contribution in [0.15, 0.2) is 12.2 Å². The van der Waals surface area contributed by atoms with E-state index in [1.54, 1.807) is 0 Å². The van der Waals surface area contributed by atoms with E-state index in [1.807, 2.05) is 0 Å². The SMILES string of the molecule is CCCCCCCC/C=C\CCCCCCCC(=O)O.OCCOCCO. The Labute approximate surface area is 166 Å². The number of aliphatic hydroxyl groups excluding tert-OH is 2. The molecule has 0 aliphatic rings. The van der Waals surface area contributed by atoms with Crippen LogP contribution in [-0.4, -0.2) is 47.7 Å². The van der Waals surface area contributed by atoms with Gasteiger partial charge in [-0.25, -0.2) is 0 Å². The molecule has 0 atom stereocenters. The Bertz CT molecular complexity index is 301. The van der Waals surface area contributed by atoms with E-state index in [1.165, 1.54) is 70.6 Å². The fourth-order valence-electron chi connectivity index (χ4n) is 2.58. The second-order valence-electron chi connectivity index (χ2n) is 6.79. The molecule has 0 aliphatic carbocycles. The molecule has 0 aliphatic heterocycles. The Morgan fingerprint density at radius 1 is 0.741 bits per heavy atom. The Hall–Kier alpha value is -0.910. The zero-order valence-corrected chi connectivity index (χ0v) is 17.5. The largest absolute Gasteiger partial charge is 0.481 e. The molecule has 0 rings (SSSR count). The van der Waals surface area contributed by atoms with E-state index < -0.39 is 5.97 Å². The molecule has 27 heavy (non-hydrogen) atoms. The third-order valence-electron chi connectivity index (χ3n) is 4.12. The maximum atomic E-state index is 10.3. The van der Waals surface area contributed by atoms with Gasteiger partial charge in [0.1, 0.15) is 0 Å². The van der Waals surface area contributed by atoms with Gasteiger partial charge in [-0.3, -0.25) is 4.79 Å². The summed E-state index contributed by atoms with van der Waals surface area (Å²) in [5.41, 5.74) is 0. The lowest BCUT2D eigenvalue weighted by Crippen LogP contribution is -2.03. The normalized spacial score (nSPS) is 10.8. The highest BCUT2D eigenvalue weighted by atomic mass is 16.5. The van der Waals surface area contributed by atoms with E-state index in [4.69, 9.17) is 15.3 Å². The van der Waals surface area contributed by atoms with Crippen molar-refractivity contribution in [1.29, 1.82) is 0 Å². The Kier molecular flexibility index (Phi) is 28.6. The van der Waals surface area contributed by atoms with Gasteiger partial charge in [0.25, 0.3) is 0 Å². The van der Waals surface area contributed by atoms with Crippen molar-refractivity contribution in [3.05, 3.63) is 12.2 Å². The monoisotopic (exact) mass is 388 g/mol. The molecule has 0 spiro atoms. The molecule has 0 amide bonds. The van der Waals surface area contributed by atoms with Crippen LogP contribution in [0.1, 0.15) is 96.8 Å². The van der Waals surface area contributed by atoms with Gasteiger partial charge in [-0.15, -0.1) is 0 Å². The number of aliphatic hydroxyl groups is 2. The average molecular weight is 389 g/mol. The fourth-order valence-corrected chi connectivity index (χ4v) is 2.58. The number of aliphatic carboxylic acids is 1. The molecule has 0 saturated heterocycles. The van der Waals surface area contributed by atoms with Gasteiger partial charge < -0.3 is 20.1 Å². The summed E-state index contributed by atoms with van der Waals surface area (Å²) in [6, 6.07) is 0. The van der Waals surface area contributed by atoms with Crippen molar-refractivity contribution in [2.75, 3.05) is 26.4 Å². The summed E-state index contributed by atoms with van der Waals surface area (Å²) >= 11 is 0. The van der Waals surface area contributed by atoms with Gasteiger partial charge in [0.05, 0.1) is 26.4 Å². The highest BCUT2D eigenvalue weighted by Crippen LogP contribution is 2.09. The molecule has 162 valence electrons. The Balaban J connectivity index is 0. The van der Waals surface area contributed by atoms with Gasteiger partial charge in [-0.2, -0.15) is 0 Å². The third-order valence-corrected chi connectivity index (χ3v) is 4.12. The first-order chi connectivity index (χ1) is 13.2. The Morgan fingerprint density at radius 3 is 1.63 bits per heavy atom. The predicted octanol–water partition coefficient (Wildman–Crippen LogP) is 5.10. The molecule has 5 heteroatoms. The maximum Gasteiger partial charge on any atom is 0.303 e. The van der Waals surface area contributed by atoms with Gasteiger partial charge in [-0.1, -0.05) is 70.4 Å². The molecule has 0 radical (unpaired) electrons. The lowest BCUT2D eigenvalue weighted by atomic mass is 10.1. The molecule has 5 nitrogen and oxygen atoms in total. The van der Waals surface area contributed by atoms with Crippen LogP contribution < -0.4 is 0 Å². The number of ether oxygens (including phenoxy) is 1. The summed E-state index contributed by atoms with van der Waals surface area (Å²) in [5, 5.41) is 24.7. The van der Waals surface area contributed by atoms with Crippen molar-refractivity contribution < 1.29 is 24.9 Å². The van der Waals surface area contributed by atoms with Gasteiger partial charge >= 0.3 is 5.97 Å². The fraction of sp³-hybridized carbons (Fsp3) is 0.864. The summed E-state index contributed by atoms with van der Waals surface area (Å²) < 4.78 is 4.63. The van der Waals surface area contributed by atoms with E-state index in [2.05, 4.69) is 23.8 Å². The molecule has 0 aromatic rings. The minimum Gasteiger partial charge on any atom is -0.481 e. The number of hydrogen-bond acceptors (Lipinski definition) is 4. The lowest BCUT2D eigenvalue weighted by molar-refractivity contribution is -0.137. The van der Waals surface area contributed by atoms with Crippen molar-refractivity contribution in [3.63, 3.8) is 0 Å². The van der Waals surface area contributed by atoms with E-state index >= 15 is 0 Å². The summed E-state index contributed by atoms with van der Waals surface area (Å²) in [5.74, 6) is -0.664. The highest BCUT2D eigenvalue weighted by Gasteiger charge is 1.95. The summed E-state index contributed by atoms with van der Waals surface area (Å²) in [6.45, 7) is 2.95. The minimum atomic E-state index is -0.664. The van der Waals surface area contributed by atoms with Gasteiger partial charge in [0.15, 0.2) is 0 Å². The molecular weight excluding hydrogens is 344 g/mol. The molecule has 0 bridgehead atoms. The van der Waals surface area contributed by atoms with Crippen LogP contribution in [0.5, 0.6) is 0 Å². The van der Waals surface area contributed by atoms with E-state index in [0.717, 1.165) is 12.8 Å². The van der Waals surface area contributed by atoms with Gasteiger partial charge in [0, 0.05) is 6.42 Å². The van der Waals surface area contributed by atoms with Crippen LogP contribution in [0.3, 0.4) is 0 Å². The van der Waals surface area contributed by atoms with Crippen LogP contribution in [-0.2, 0) is 9.53 Å². The zero-order valence-electron chi connectivity index (χ0n) is 17.5. The topological polar surface area (TPSA) is 87.0 Å². The van der Waals surface area contributed by atoms with Gasteiger partial charge in [0.2, 0.25) is 0 Å². The van der Waals surface area contributed by atoms with Crippen molar-refractivity contribution in [1.82, 2.24) is 0 Å². The van der Waals surface area contributed by atoms with E-state index in [0.29, 0.717) is 19.6 Å². The number of rotatable bonds is 19. The molecule has 3 N–H and O–H groups in total. The minimum absolute atomic E-state index is 0.0278. The first-order valence-corrected chi connectivity index (χ1v) is 10.8. The number of allylic oxidation sites excluding steroid dienone is 2. The maximum absolute atomic E-state index is 10.3. The van der Waals surface area contributed by atoms with Crippen molar-refractivity contribution in [3.8, 4) is 0 Å². The highest BCUT2D eigenvalue weighted by molar-refractivity contribution is 5.66. The predicted molar refractivity (Wildman–Crippen MR) is 112 cm³/mol. The first-order valence-electron chi connectivity index (χ1n) is 10.8. The number of carboxylic acids is 1. The quantitative estimate of drug-likeness (QED) is 0.212. The molecule has 0 unspecified atom stereocenters. The second-order valence-corrected chi connectivity index (χ2v) is 6.79. The summed E-state index contributed by atoms with van der Waals surface area (Å²) in [6.07, 6.45) is 21.2. The molecular formula is C22H44O5. The zero-order chi connectivity index (χ0) is 20.4. The lowest BCUT2D eigenvalue weighted by Gasteiger charge is -1.99. The smallest absolute Gasteiger partial charge is 0.303 e. The summed E-state index contributed by atoms with van der Waals surface area (Å²) in [4.78, 5) is 10.3. The first kappa shape index (κ1) is 28.3. The summed E-state index contributed by atoms with van der Waals surface area (Å²) in [7, 11) is 0. The van der Waals surface area contributed by atoms with Crippen LogP contribution >= 0.6 is 0 Å². The van der Waals surface area contributed by atoms with Crippen LogP contribution in [0, 0.1) is 0 Å². The van der Waals surface area contributed by atoms with Crippen molar-refractivity contribution in [2.45, 2.75) is 96.8 Å². The number of hydrogen-bond donors (Lipinski definition) is 3. The molecule has 0 fully saturated rings. The molecule has 0 aromatic heterocycles. The van der Waals surface area contributed by atoms with Crippen LogP contribution in [0.4, 0.5) is 0 Å². The van der Waals surface area contributed by atoms with Crippen LogP contribution in [0.2, 0.25) is 0 Å². The van der Waals surface area contributed by atoms with E-state index in [-0.39, 0.29) is 13.2 Å².